The number of hydrogen-bond donors (Lipinski definition) is 0. The van der Waals surface area contributed by atoms with E-state index in [1.807, 2.05) is 0 Å². The van der Waals surface area contributed by atoms with Gasteiger partial charge in [0.1, 0.15) is 0 Å². The Morgan fingerprint density at radius 1 is 0.110 bits per heavy atom. The molecule has 0 saturated carbocycles. The number of nitrogens with zero attached hydrogens (tertiary/aromatic N) is 8. The maximum atomic E-state index is 2.44. The molecule has 20 aromatic carbocycles. The van der Waals surface area contributed by atoms with Crippen LogP contribution in [0.2, 0.25) is 0 Å². The van der Waals surface area contributed by atoms with E-state index in [2.05, 4.69) is 529 Å². The van der Waals surface area contributed by atoms with Gasteiger partial charge < -0.3 is 36.5 Å². The Morgan fingerprint density at radius 2 is 0.316 bits per heavy atom. The Morgan fingerprint density at radius 3 is 0.669 bits per heavy atom. The highest BCUT2D eigenvalue weighted by Crippen LogP contribution is 2.48. The van der Waals surface area contributed by atoms with Crippen molar-refractivity contribution >= 4 is 174 Å². The lowest BCUT2D eigenvalue weighted by molar-refractivity contribution is 1.16. The number of fused-ring (bicyclic) bond motifs is 27. The van der Waals surface area contributed by atoms with Crippen LogP contribution in [0.3, 0.4) is 0 Å². The topological polar surface area (TPSA) is 39.4 Å². The second-order valence-electron chi connectivity index (χ2n) is 37.0. The fourth-order valence-electron chi connectivity index (χ4n) is 21.8. The van der Waals surface area contributed by atoms with Gasteiger partial charge in [-0.1, -0.05) is 287 Å². The maximum Gasteiger partial charge on any atom is 0.0641 e. The van der Waals surface area contributed by atoms with Crippen molar-refractivity contribution in [2.45, 2.75) is 55.4 Å². The van der Waals surface area contributed by atoms with Crippen molar-refractivity contribution in [3.63, 3.8) is 0 Å². The molecule has 0 radical (unpaired) electrons. The zero-order valence-corrected chi connectivity index (χ0v) is 77.1. The van der Waals surface area contributed by atoms with Gasteiger partial charge in [0.15, 0.2) is 0 Å². The van der Waals surface area contributed by atoms with Crippen LogP contribution in [0, 0.1) is 55.4 Å². The molecular weight excluding hydrogens is 1650 g/mol. The zero-order valence-electron chi connectivity index (χ0n) is 77.1. The molecule has 0 N–H and O–H groups in total. The van der Waals surface area contributed by atoms with Crippen molar-refractivity contribution in [3.05, 3.63) is 481 Å². The van der Waals surface area contributed by atoms with Gasteiger partial charge in [-0.05, 0) is 250 Å². The molecule has 8 heteroatoms. The highest BCUT2D eigenvalue weighted by atomic mass is 15.1. The van der Waals surface area contributed by atoms with E-state index in [0.717, 1.165) is 0 Å². The van der Waals surface area contributed by atoms with Crippen molar-refractivity contribution in [1.82, 2.24) is 36.5 Å². The monoisotopic (exact) mass is 1740 g/mol. The number of aromatic nitrogens is 8. The van der Waals surface area contributed by atoms with Gasteiger partial charge in [0, 0.05) is 132 Å². The van der Waals surface area contributed by atoms with Gasteiger partial charge in [-0.25, -0.2) is 0 Å². The average Bonchev–Trinajstić information content (AvgIpc) is 1.56. The first-order chi connectivity index (χ1) is 66.8. The van der Waals surface area contributed by atoms with E-state index < -0.39 is 0 Å². The van der Waals surface area contributed by atoms with Gasteiger partial charge >= 0.3 is 0 Å². The van der Waals surface area contributed by atoms with Gasteiger partial charge in [-0.3, -0.25) is 0 Å². The Balaban J connectivity index is 0.0000000965. The van der Waals surface area contributed by atoms with Crippen LogP contribution in [0.5, 0.6) is 0 Å². The molecule has 0 fully saturated rings. The summed E-state index contributed by atoms with van der Waals surface area (Å²) >= 11 is 0. The molecule has 8 heterocycles. The molecule has 28 aromatic rings. The minimum Gasteiger partial charge on any atom is -0.309 e. The molecule has 0 aliphatic rings. The minimum atomic E-state index is 1.18. The maximum absolute atomic E-state index is 2.44. The van der Waals surface area contributed by atoms with Crippen LogP contribution in [0.25, 0.3) is 220 Å². The predicted octanol–water partition coefficient (Wildman–Crippen LogP) is 34.0. The lowest BCUT2D eigenvalue weighted by Gasteiger charge is -2.10. The molecule has 0 spiro atoms. The molecule has 648 valence electrons. The summed E-state index contributed by atoms with van der Waals surface area (Å²) in [5, 5.41) is 20.7. The largest absolute Gasteiger partial charge is 0.309 e. The quantitative estimate of drug-likeness (QED) is 0.145. The third-order valence-electron chi connectivity index (χ3n) is 28.2. The number of rotatable bonds is 8. The third kappa shape index (κ3) is 13.1. The molecule has 0 atom stereocenters. The first kappa shape index (κ1) is 80.8. The molecule has 0 bridgehead atoms. The van der Waals surface area contributed by atoms with E-state index in [-0.39, 0.29) is 0 Å². The standard InChI is InChI=1S/4C32H24N2/c2*1-21-11-15-23(16-12-21)33-29-10-6-4-8-27(29)31-30(33)20-19-26-25-7-3-5-9-28(25)34(32(26)31)24-17-13-22(2)14-18-24;1-21-12-15-24(16-13-21)34-29-11-7-6-10-25(29)27-19-28-26-18-22(2)14-17-30(26)33(32(28)20-31(27)34)23-8-4-3-5-9-23;1-21-12-15-24(16-13-21)34-27-11-7-6-10-25(27)31-29(34)18-19-30-32(31)26-20-22(2)14-17-28(26)33(30)23-8-4-3-5-9-23/h4*3-20H,1-2H3. The van der Waals surface area contributed by atoms with Gasteiger partial charge in [-0.15, -0.1) is 0 Å². The van der Waals surface area contributed by atoms with Crippen molar-refractivity contribution in [3.8, 4) is 45.5 Å². The summed E-state index contributed by atoms with van der Waals surface area (Å²) in [6, 6.07) is 159. The van der Waals surface area contributed by atoms with Crippen molar-refractivity contribution in [2.24, 2.45) is 0 Å². The summed E-state index contributed by atoms with van der Waals surface area (Å²) in [7, 11) is 0. The Bertz CT molecular complexity index is 9340. The first-order valence-electron chi connectivity index (χ1n) is 47.2. The minimum absolute atomic E-state index is 1.18. The molecule has 0 aliphatic heterocycles. The lowest BCUT2D eigenvalue weighted by atomic mass is 10.0. The molecular formula is C128H96N8. The summed E-state index contributed by atoms with van der Waals surface area (Å²) in [4.78, 5) is 0. The van der Waals surface area contributed by atoms with Crippen LogP contribution in [0.15, 0.2) is 437 Å². The van der Waals surface area contributed by atoms with E-state index in [1.165, 1.54) is 264 Å². The smallest absolute Gasteiger partial charge is 0.0641 e. The molecule has 8 nitrogen and oxygen atoms in total. The van der Waals surface area contributed by atoms with Crippen LogP contribution in [-0.2, 0) is 0 Å². The number of aryl methyl sites for hydroxylation is 8. The van der Waals surface area contributed by atoms with E-state index in [1.54, 1.807) is 0 Å². The molecule has 0 unspecified atom stereocenters. The SMILES string of the molecule is Cc1ccc(-n2c3ccccc3c3c2ccc2c4ccccc4n(-c4ccc(C)cc4)c23)cc1.Cc1ccc(-n2c3ccccc3c3c2ccc2c4ccccc4n(-c4ccc(C)cc4)c23)cc1.Cc1ccc(-n2c3ccccc3c3c4c5cc(C)ccc5n(-c5ccccc5)c4ccc32)cc1.Cc1ccc(-n2c3ccccc3c3cc4c5cc(C)ccc5n(-c5ccccc5)c4cc32)cc1. The molecule has 0 amide bonds. The van der Waals surface area contributed by atoms with Gasteiger partial charge in [-0.2, -0.15) is 0 Å². The van der Waals surface area contributed by atoms with E-state index in [0.29, 0.717) is 0 Å². The molecule has 0 aliphatic carbocycles. The van der Waals surface area contributed by atoms with Crippen LogP contribution in [0.4, 0.5) is 0 Å². The Kier molecular flexibility index (Phi) is 19.2. The Hall–Kier alpha value is -17.2. The van der Waals surface area contributed by atoms with Crippen molar-refractivity contribution < 1.29 is 0 Å². The van der Waals surface area contributed by atoms with Gasteiger partial charge in [0.25, 0.3) is 0 Å². The molecule has 8 aromatic heterocycles. The summed E-state index contributed by atoms with van der Waals surface area (Å²) in [6.45, 7) is 17.2. The predicted molar refractivity (Wildman–Crippen MR) is 578 cm³/mol. The van der Waals surface area contributed by atoms with Crippen LogP contribution in [-0.4, -0.2) is 36.5 Å². The second-order valence-corrected chi connectivity index (χ2v) is 37.0. The summed E-state index contributed by atoms with van der Waals surface area (Å²) < 4.78 is 19.3. The fraction of sp³-hybridized carbons (Fsp3) is 0.0625. The van der Waals surface area contributed by atoms with Crippen molar-refractivity contribution in [1.29, 1.82) is 0 Å². The Labute approximate surface area is 787 Å². The van der Waals surface area contributed by atoms with Crippen LogP contribution >= 0.6 is 0 Å². The number of hydrogen-bond acceptors (Lipinski definition) is 0. The lowest BCUT2D eigenvalue weighted by Crippen LogP contribution is -1.95. The fourth-order valence-corrected chi connectivity index (χ4v) is 21.8. The van der Waals surface area contributed by atoms with Crippen molar-refractivity contribution in [2.75, 3.05) is 0 Å². The highest BCUT2D eigenvalue weighted by Gasteiger charge is 2.27. The van der Waals surface area contributed by atoms with E-state index in [4.69, 9.17) is 0 Å². The highest BCUT2D eigenvalue weighted by molar-refractivity contribution is 6.31. The second kappa shape index (κ2) is 32.4. The summed E-state index contributed by atoms with van der Waals surface area (Å²) in [5.41, 5.74) is 39.5. The zero-order chi connectivity index (χ0) is 91.2. The molecule has 136 heavy (non-hydrogen) atoms. The van der Waals surface area contributed by atoms with Crippen LogP contribution in [0.1, 0.15) is 44.5 Å². The molecule has 28 rings (SSSR count). The summed E-state index contributed by atoms with van der Waals surface area (Å²) in [6.07, 6.45) is 0. The average molecular weight is 1750 g/mol. The van der Waals surface area contributed by atoms with Crippen LogP contribution < -0.4 is 0 Å². The first-order valence-corrected chi connectivity index (χ1v) is 47.2. The van der Waals surface area contributed by atoms with E-state index >= 15 is 0 Å². The normalized spacial score (nSPS) is 11.8. The van der Waals surface area contributed by atoms with Gasteiger partial charge in [0.05, 0.1) is 88.3 Å². The number of benzene rings is 20. The number of para-hydroxylation sites is 8. The van der Waals surface area contributed by atoms with E-state index in [9.17, 15) is 0 Å². The third-order valence-corrected chi connectivity index (χ3v) is 28.2. The van der Waals surface area contributed by atoms with Gasteiger partial charge in [0.2, 0.25) is 0 Å². The molecule has 0 saturated heterocycles. The summed E-state index contributed by atoms with van der Waals surface area (Å²) in [5.74, 6) is 0.